The van der Waals surface area contributed by atoms with Gasteiger partial charge in [0.05, 0.1) is 0 Å². The number of hydrogen-bond donors (Lipinski definition) is 2. The van der Waals surface area contributed by atoms with Gasteiger partial charge in [-0.15, -0.1) is 0 Å². The molecule has 0 aliphatic rings. The first-order valence-corrected chi connectivity index (χ1v) is 8.03. The number of anilines is 1. The van der Waals surface area contributed by atoms with Crippen LogP contribution in [0.2, 0.25) is 0 Å². The molecule has 3 rings (SSSR count). The quantitative estimate of drug-likeness (QED) is 0.431. The van der Waals surface area contributed by atoms with Gasteiger partial charge in [-0.2, -0.15) is 0 Å². The maximum Gasteiger partial charge on any atom is 0.193 e. The summed E-state index contributed by atoms with van der Waals surface area (Å²) in [6.45, 7) is 0. The molecule has 0 amide bonds. The Balaban J connectivity index is 1.83. The summed E-state index contributed by atoms with van der Waals surface area (Å²) < 4.78 is 0. The Labute approximate surface area is 139 Å². The number of nitrogen functional groups attached to an aromatic ring is 1. The molecule has 0 fully saturated rings. The van der Waals surface area contributed by atoms with Gasteiger partial charge >= 0.3 is 0 Å². The minimum absolute atomic E-state index is 0.00794. The molecular weight excluding hydrogens is 304 g/mol. The van der Waals surface area contributed by atoms with E-state index in [4.69, 9.17) is 10.9 Å². The number of nitrogens with two attached hydrogens (primary N) is 2. The van der Waals surface area contributed by atoms with Gasteiger partial charge in [-0.1, -0.05) is 36.4 Å². The average molecular weight is 320 g/mol. The van der Waals surface area contributed by atoms with Crippen LogP contribution in [0.25, 0.3) is 11.1 Å². The molecule has 0 saturated heterocycles. The summed E-state index contributed by atoms with van der Waals surface area (Å²) >= 11 is 1.22. The molecule has 0 spiro atoms. The monoisotopic (exact) mass is 320 g/mol. The second-order valence-corrected chi connectivity index (χ2v) is 5.88. The fourth-order valence-corrected chi connectivity index (χ4v) is 2.63. The standard InChI is InChI=1S/C19H16N2OS/c20-17-9-5-16(6-10-17)19(22)15-3-1-13(2-4-15)14-7-11-18(23-21)12-8-14/h1-12H,20-21H2. The topological polar surface area (TPSA) is 69.1 Å². The van der Waals surface area contributed by atoms with Gasteiger partial charge in [-0.05, 0) is 59.5 Å². The Kier molecular flexibility index (Phi) is 4.46. The minimum atomic E-state index is -0.00794. The predicted molar refractivity (Wildman–Crippen MR) is 96.2 cm³/mol. The fraction of sp³-hybridized carbons (Fsp3) is 0. The van der Waals surface area contributed by atoms with Crippen LogP contribution in [0.4, 0.5) is 5.69 Å². The van der Waals surface area contributed by atoms with Crippen LogP contribution in [-0.4, -0.2) is 5.78 Å². The van der Waals surface area contributed by atoms with Crippen molar-refractivity contribution in [3.63, 3.8) is 0 Å². The first-order chi connectivity index (χ1) is 11.2. The molecule has 23 heavy (non-hydrogen) atoms. The molecular formula is C19H16N2OS. The molecule has 3 aromatic rings. The molecule has 3 nitrogen and oxygen atoms in total. The van der Waals surface area contributed by atoms with Crippen LogP contribution in [0.15, 0.2) is 77.7 Å². The lowest BCUT2D eigenvalue weighted by Gasteiger charge is -2.05. The number of hydrogen-bond acceptors (Lipinski definition) is 4. The Hall–Kier alpha value is -2.56. The van der Waals surface area contributed by atoms with Crippen molar-refractivity contribution in [1.82, 2.24) is 0 Å². The van der Waals surface area contributed by atoms with E-state index in [9.17, 15) is 4.79 Å². The van der Waals surface area contributed by atoms with E-state index in [2.05, 4.69) is 0 Å². The fourth-order valence-electron chi connectivity index (χ4n) is 2.34. The zero-order valence-electron chi connectivity index (χ0n) is 12.4. The lowest BCUT2D eigenvalue weighted by Crippen LogP contribution is -2.01. The highest BCUT2D eigenvalue weighted by atomic mass is 32.2. The molecule has 3 aromatic carbocycles. The molecule has 114 valence electrons. The average Bonchev–Trinajstić information content (AvgIpc) is 2.62. The SMILES string of the molecule is NSc1ccc(-c2ccc(C(=O)c3ccc(N)cc3)cc2)cc1. The highest BCUT2D eigenvalue weighted by molar-refractivity contribution is 7.97. The molecule has 0 saturated carbocycles. The summed E-state index contributed by atoms with van der Waals surface area (Å²) in [6, 6.07) is 22.6. The van der Waals surface area contributed by atoms with Crippen molar-refractivity contribution >= 4 is 23.4 Å². The van der Waals surface area contributed by atoms with E-state index < -0.39 is 0 Å². The van der Waals surface area contributed by atoms with Crippen LogP contribution < -0.4 is 10.9 Å². The predicted octanol–water partition coefficient (Wildman–Crippen LogP) is 4.13. The van der Waals surface area contributed by atoms with Crippen LogP contribution in [-0.2, 0) is 0 Å². The molecule has 0 bridgehead atoms. The van der Waals surface area contributed by atoms with E-state index in [0.717, 1.165) is 16.0 Å². The first-order valence-electron chi connectivity index (χ1n) is 7.15. The van der Waals surface area contributed by atoms with Crippen molar-refractivity contribution < 1.29 is 4.79 Å². The van der Waals surface area contributed by atoms with Gasteiger partial charge in [0.2, 0.25) is 0 Å². The van der Waals surface area contributed by atoms with Crippen molar-refractivity contribution in [2.45, 2.75) is 4.90 Å². The Bertz CT molecular complexity index is 809. The van der Waals surface area contributed by atoms with Crippen molar-refractivity contribution in [2.75, 3.05) is 5.73 Å². The normalized spacial score (nSPS) is 10.5. The van der Waals surface area contributed by atoms with E-state index in [1.54, 1.807) is 24.3 Å². The van der Waals surface area contributed by atoms with Crippen LogP contribution >= 0.6 is 11.9 Å². The van der Waals surface area contributed by atoms with Crippen LogP contribution in [0.1, 0.15) is 15.9 Å². The van der Waals surface area contributed by atoms with E-state index in [0.29, 0.717) is 16.8 Å². The molecule has 0 aliphatic heterocycles. The molecule has 0 atom stereocenters. The number of benzene rings is 3. The Morgan fingerprint density at radius 1 is 0.696 bits per heavy atom. The van der Waals surface area contributed by atoms with Gasteiger partial charge in [0.15, 0.2) is 5.78 Å². The number of carbonyl (C=O) groups is 1. The Morgan fingerprint density at radius 3 is 1.61 bits per heavy atom. The third-order valence-electron chi connectivity index (χ3n) is 3.64. The summed E-state index contributed by atoms with van der Waals surface area (Å²) in [5, 5.41) is 5.53. The van der Waals surface area contributed by atoms with Gasteiger partial charge in [0.25, 0.3) is 0 Å². The van der Waals surface area contributed by atoms with Crippen molar-refractivity contribution in [3.05, 3.63) is 83.9 Å². The van der Waals surface area contributed by atoms with E-state index in [1.807, 2.05) is 48.5 Å². The minimum Gasteiger partial charge on any atom is -0.399 e. The van der Waals surface area contributed by atoms with E-state index in [-0.39, 0.29) is 5.78 Å². The number of carbonyl (C=O) groups excluding carboxylic acids is 1. The molecule has 0 aromatic heterocycles. The third-order valence-corrected chi connectivity index (χ3v) is 4.19. The summed E-state index contributed by atoms with van der Waals surface area (Å²) in [6.07, 6.45) is 0. The maximum absolute atomic E-state index is 12.4. The van der Waals surface area contributed by atoms with Crippen LogP contribution in [0.5, 0.6) is 0 Å². The molecule has 0 aliphatic carbocycles. The molecule has 0 radical (unpaired) electrons. The van der Waals surface area contributed by atoms with Gasteiger partial charge in [0.1, 0.15) is 0 Å². The lowest BCUT2D eigenvalue weighted by molar-refractivity contribution is 0.103. The lowest BCUT2D eigenvalue weighted by atomic mass is 9.99. The summed E-state index contributed by atoms with van der Waals surface area (Å²) in [7, 11) is 0. The molecule has 0 unspecified atom stereocenters. The largest absolute Gasteiger partial charge is 0.399 e. The maximum atomic E-state index is 12.4. The van der Waals surface area contributed by atoms with Crippen LogP contribution in [0.3, 0.4) is 0 Å². The highest BCUT2D eigenvalue weighted by Crippen LogP contribution is 2.23. The van der Waals surface area contributed by atoms with Crippen molar-refractivity contribution in [1.29, 1.82) is 0 Å². The molecule has 4 N–H and O–H groups in total. The smallest absolute Gasteiger partial charge is 0.193 e. The van der Waals surface area contributed by atoms with Gasteiger partial charge in [-0.25, -0.2) is 0 Å². The second-order valence-electron chi connectivity index (χ2n) is 5.17. The summed E-state index contributed by atoms with van der Waals surface area (Å²) in [5.74, 6) is -0.00794. The summed E-state index contributed by atoms with van der Waals surface area (Å²) in [4.78, 5) is 13.4. The van der Waals surface area contributed by atoms with Crippen LogP contribution in [0, 0.1) is 0 Å². The zero-order chi connectivity index (χ0) is 16.2. The number of rotatable bonds is 4. The second kappa shape index (κ2) is 6.69. The zero-order valence-corrected chi connectivity index (χ0v) is 13.2. The molecule has 0 heterocycles. The third kappa shape index (κ3) is 3.44. The van der Waals surface area contributed by atoms with E-state index in [1.165, 1.54) is 11.9 Å². The molecule has 4 heteroatoms. The van der Waals surface area contributed by atoms with Crippen molar-refractivity contribution in [2.24, 2.45) is 5.14 Å². The number of ketones is 1. The van der Waals surface area contributed by atoms with E-state index >= 15 is 0 Å². The Morgan fingerprint density at radius 2 is 1.13 bits per heavy atom. The first kappa shape index (κ1) is 15.3. The van der Waals surface area contributed by atoms with Gasteiger partial charge in [-0.3, -0.25) is 9.93 Å². The van der Waals surface area contributed by atoms with Crippen molar-refractivity contribution in [3.8, 4) is 11.1 Å². The van der Waals surface area contributed by atoms with Gasteiger partial charge < -0.3 is 5.73 Å². The highest BCUT2D eigenvalue weighted by Gasteiger charge is 2.09. The van der Waals surface area contributed by atoms with Gasteiger partial charge in [0, 0.05) is 21.7 Å². The summed E-state index contributed by atoms with van der Waals surface area (Å²) in [5.41, 5.74) is 9.75.